The van der Waals surface area contributed by atoms with E-state index >= 15 is 0 Å². The van der Waals surface area contributed by atoms with Gasteiger partial charge in [-0.3, -0.25) is 0 Å². The van der Waals surface area contributed by atoms with Crippen molar-refractivity contribution in [2.45, 2.75) is 51.0 Å². The summed E-state index contributed by atoms with van der Waals surface area (Å²) in [5.74, 6) is 2.56. The van der Waals surface area contributed by atoms with Gasteiger partial charge in [0.2, 0.25) is 16.6 Å². The van der Waals surface area contributed by atoms with Crippen LogP contribution in [0.15, 0.2) is 36.4 Å². The molecular formula is C20H28Cl2O2Si2. The van der Waals surface area contributed by atoms with Gasteiger partial charge in [0.25, 0.3) is 0 Å². The predicted octanol–water partition coefficient (Wildman–Crippen LogP) is 7.26. The van der Waals surface area contributed by atoms with Crippen LogP contribution in [-0.4, -0.2) is 16.6 Å². The Kier molecular flexibility index (Phi) is 6.88. The van der Waals surface area contributed by atoms with E-state index in [4.69, 9.17) is 32.1 Å². The molecule has 0 saturated heterocycles. The molecule has 0 aromatic heterocycles. The number of rotatable bonds is 7. The van der Waals surface area contributed by atoms with E-state index in [0.29, 0.717) is 11.8 Å². The third-order valence-electron chi connectivity index (χ3n) is 3.59. The van der Waals surface area contributed by atoms with Gasteiger partial charge in [0, 0.05) is 22.3 Å². The lowest BCUT2D eigenvalue weighted by Crippen LogP contribution is -2.31. The molecule has 0 radical (unpaired) electrons. The van der Waals surface area contributed by atoms with Crippen molar-refractivity contribution < 1.29 is 8.85 Å². The van der Waals surface area contributed by atoms with Crippen molar-refractivity contribution in [3.63, 3.8) is 0 Å². The van der Waals surface area contributed by atoms with E-state index < -0.39 is 16.6 Å². The Labute approximate surface area is 169 Å². The minimum atomic E-state index is -1.81. The van der Waals surface area contributed by atoms with Crippen molar-refractivity contribution in [3.8, 4) is 22.6 Å². The Morgan fingerprint density at radius 1 is 0.654 bits per heavy atom. The molecule has 0 aliphatic carbocycles. The molecule has 2 nitrogen and oxygen atoms in total. The fourth-order valence-electron chi connectivity index (χ4n) is 2.66. The van der Waals surface area contributed by atoms with Crippen molar-refractivity contribution in [3.05, 3.63) is 47.5 Å². The molecule has 0 aliphatic rings. The lowest BCUT2D eigenvalue weighted by Gasteiger charge is -2.27. The van der Waals surface area contributed by atoms with E-state index in [1.54, 1.807) is 0 Å². The van der Waals surface area contributed by atoms with Crippen molar-refractivity contribution in [2.24, 2.45) is 0 Å². The Balaban J connectivity index is 2.72. The van der Waals surface area contributed by atoms with E-state index in [9.17, 15) is 0 Å². The first-order valence-corrected chi connectivity index (χ1v) is 16.7. The number of halogens is 2. The quantitative estimate of drug-likeness (QED) is 0.342. The first-order chi connectivity index (χ1) is 12.1. The summed E-state index contributed by atoms with van der Waals surface area (Å²) in [6, 6.07) is 12.3. The summed E-state index contributed by atoms with van der Waals surface area (Å²) in [4.78, 5) is 0. The maximum atomic E-state index is 6.45. The molecule has 0 amide bonds. The standard InChI is InChI=1S/C20H28Cl2O2Si2/c1-25(2,3)23-19-15(13-21)9-7-11-17(19)18-12-8-10-16(14-22)20(18)24-26(4,5)6/h7-12H,13-14H2,1-6H3. The minimum absolute atomic E-state index is 0.410. The van der Waals surface area contributed by atoms with Crippen LogP contribution < -0.4 is 8.85 Å². The molecule has 142 valence electrons. The topological polar surface area (TPSA) is 18.5 Å². The average molecular weight is 428 g/mol. The summed E-state index contributed by atoms with van der Waals surface area (Å²) >= 11 is 12.4. The Morgan fingerprint density at radius 2 is 1.00 bits per heavy atom. The maximum absolute atomic E-state index is 6.45. The highest BCUT2D eigenvalue weighted by Crippen LogP contribution is 2.42. The molecule has 0 heterocycles. The molecule has 6 heteroatoms. The van der Waals surface area contributed by atoms with Crippen LogP contribution in [0.1, 0.15) is 11.1 Å². The highest BCUT2D eigenvalue weighted by molar-refractivity contribution is 6.71. The monoisotopic (exact) mass is 426 g/mol. The van der Waals surface area contributed by atoms with Crippen LogP contribution >= 0.6 is 23.2 Å². The third-order valence-corrected chi connectivity index (χ3v) is 5.80. The zero-order valence-corrected chi connectivity index (χ0v) is 20.0. The summed E-state index contributed by atoms with van der Waals surface area (Å²) < 4.78 is 12.9. The SMILES string of the molecule is C[Si](C)(C)Oc1c(CCl)cccc1-c1cccc(CCl)c1O[Si](C)(C)C. The lowest BCUT2D eigenvalue weighted by atomic mass is 9.99. The number of hydrogen-bond acceptors (Lipinski definition) is 2. The van der Waals surface area contributed by atoms with Gasteiger partial charge in [-0.05, 0) is 39.3 Å². The highest BCUT2D eigenvalue weighted by Gasteiger charge is 2.25. The van der Waals surface area contributed by atoms with Crippen LogP contribution in [0, 0.1) is 0 Å². The van der Waals surface area contributed by atoms with Gasteiger partial charge in [-0.1, -0.05) is 36.4 Å². The van der Waals surface area contributed by atoms with Crippen LogP contribution in [0.3, 0.4) is 0 Å². The van der Waals surface area contributed by atoms with Crippen LogP contribution in [0.4, 0.5) is 0 Å². The van der Waals surface area contributed by atoms with Crippen LogP contribution in [0.2, 0.25) is 39.3 Å². The first kappa shape index (κ1) is 21.4. The molecule has 0 aliphatic heterocycles. The van der Waals surface area contributed by atoms with E-state index in [1.807, 2.05) is 24.3 Å². The Bertz CT molecular complexity index is 700. The maximum Gasteiger partial charge on any atom is 0.242 e. The number of alkyl halides is 2. The highest BCUT2D eigenvalue weighted by atomic mass is 35.5. The van der Waals surface area contributed by atoms with Gasteiger partial charge in [-0.2, -0.15) is 0 Å². The largest absolute Gasteiger partial charge is 0.544 e. The van der Waals surface area contributed by atoms with E-state index in [2.05, 4.69) is 51.4 Å². The second-order valence-electron chi connectivity index (χ2n) is 8.28. The van der Waals surface area contributed by atoms with E-state index in [0.717, 1.165) is 33.8 Å². The van der Waals surface area contributed by atoms with Gasteiger partial charge in [0.1, 0.15) is 11.5 Å². The second-order valence-corrected chi connectivity index (χ2v) is 17.7. The molecule has 26 heavy (non-hydrogen) atoms. The van der Waals surface area contributed by atoms with Gasteiger partial charge < -0.3 is 8.85 Å². The van der Waals surface area contributed by atoms with Gasteiger partial charge in [-0.25, -0.2) is 0 Å². The fraction of sp³-hybridized carbons (Fsp3) is 0.400. The van der Waals surface area contributed by atoms with Crippen molar-refractivity contribution in [1.82, 2.24) is 0 Å². The molecule has 2 rings (SSSR count). The second kappa shape index (κ2) is 8.38. The summed E-state index contributed by atoms with van der Waals surface area (Å²) in [5.41, 5.74) is 4.04. The average Bonchev–Trinajstić information content (AvgIpc) is 2.52. The Morgan fingerprint density at radius 3 is 1.27 bits per heavy atom. The van der Waals surface area contributed by atoms with Crippen molar-refractivity contribution >= 4 is 39.8 Å². The fourth-order valence-corrected chi connectivity index (χ4v) is 4.79. The minimum Gasteiger partial charge on any atom is -0.544 e. The van der Waals surface area contributed by atoms with E-state index in [-0.39, 0.29) is 0 Å². The zero-order chi connectivity index (χ0) is 19.5. The zero-order valence-electron chi connectivity index (χ0n) is 16.5. The van der Waals surface area contributed by atoms with Crippen LogP contribution in [0.5, 0.6) is 11.5 Å². The van der Waals surface area contributed by atoms with Crippen LogP contribution in [-0.2, 0) is 11.8 Å². The van der Waals surface area contributed by atoms with Crippen LogP contribution in [0.25, 0.3) is 11.1 Å². The molecule has 2 aromatic rings. The third kappa shape index (κ3) is 5.52. The molecule has 0 unspecified atom stereocenters. The van der Waals surface area contributed by atoms with Gasteiger partial charge in [-0.15, -0.1) is 23.2 Å². The normalized spacial score (nSPS) is 12.2. The summed E-state index contributed by atoms with van der Waals surface area (Å²) in [6.07, 6.45) is 0. The first-order valence-electron chi connectivity index (χ1n) is 8.80. The summed E-state index contributed by atoms with van der Waals surface area (Å²) in [6.45, 7) is 13.1. The number of benzene rings is 2. The molecule has 0 fully saturated rings. The molecule has 0 saturated carbocycles. The summed E-state index contributed by atoms with van der Waals surface area (Å²) in [5, 5.41) is 0. The summed E-state index contributed by atoms with van der Waals surface area (Å²) in [7, 11) is -3.63. The number of para-hydroxylation sites is 2. The molecule has 0 spiro atoms. The molecule has 0 atom stereocenters. The van der Waals surface area contributed by atoms with Gasteiger partial charge in [0.15, 0.2) is 0 Å². The van der Waals surface area contributed by atoms with Crippen molar-refractivity contribution in [1.29, 1.82) is 0 Å². The Hall–Kier alpha value is -0.946. The van der Waals surface area contributed by atoms with Gasteiger partial charge in [0.05, 0.1) is 11.8 Å². The lowest BCUT2D eigenvalue weighted by molar-refractivity contribution is 0.545. The molecular weight excluding hydrogens is 399 g/mol. The molecule has 0 N–H and O–H groups in total. The van der Waals surface area contributed by atoms with E-state index in [1.165, 1.54) is 0 Å². The molecule has 2 aromatic carbocycles. The predicted molar refractivity (Wildman–Crippen MR) is 119 cm³/mol. The molecule has 0 bridgehead atoms. The smallest absolute Gasteiger partial charge is 0.242 e. The van der Waals surface area contributed by atoms with Crippen molar-refractivity contribution in [2.75, 3.05) is 0 Å². The van der Waals surface area contributed by atoms with Gasteiger partial charge >= 0.3 is 0 Å². The number of hydrogen-bond donors (Lipinski definition) is 0.